The van der Waals surface area contributed by atoms with Gasteiger partial charge >= 0.3 is 0 Å². The normalized spacial score (nSPS) is 12.6. The molecule has 13 rings (SSSR count). The van der Waals surface area contributed by atoms with Crippen molar-refractivity contribution in [2.24, 2.45) is 0 Å². The van der Waals surface area contributed by atoms with Crippen LogP contribution in [0.5, 0.6) is 5.75 Å². The molecule has 0 amide bonds. The number of pyridine rings is 1. The van der Waals surface area contributed by atoms with Crippen LogP contribution in [0, 0.1) is 13.8 Å². The Morgan fingerprint density at radius 3 is 1.90 bits per heavy atom. The van der Waals surface area contributed by atoms with Gasteiger partial charge in [-0.1, -0.05) is 193 Å². The van der Waals surface area contributed by atoms with Crippen molar-refractivity contribution in [1.29, 1.82) is 0 Å². The Morgan fingerprint density at radius 1 is 0.468 bits per heavy atom. The zero-order chi connectivity index (χ0) is 52.9. The molecule has 0 saturated heterocycles. The topological polar surface area (TPSA) is 64.1 Å². The number of para-hydroxylation sites is 3. The Kier molecular flexibility index (Phi) is 11.3. The maximum atomic E-state index is 11.3. The second-order valence-corrected chi connectivity index (χ2v) is 23.2. The SMILES string of the molecule is Cc1cccc(C)c1-n1c(-c2ccc3c(n2)-c2c(O)cccc2CC3)nc2c(-c3cc(-c4c(-c5cccc(C(C)(C)C)c5)cccc4-c4cc(-c5ccccc5)cc(C(C)(C)C)c4)c4c(c3)oc3ccccc34)cccc21. The third kappa shape index (κ3) is 8.24. The van der Waals surface area contributed by atoms with E-state index >= 15 is 0 Å². The summed E-state index contributed by atoms with van der Waals surface area (Å²) in [5.74, 6) is 0.986. The molecule has 1 aliphatic rings. The Labute approximate surface area is 451 Å². The smallest absolute Gasteiger partial charge is 0.164 e. The van der Waals surface area contributed by atoms with Gasteiger partial charge in [0.1, 0.15) is 22.6 Å². The van der Waals surface area contributed by atoms with Crippen LogP contribution in [0.1, 0.15) is 74.9 Å². The van der Waals surface area contributed by atoms with Crippen molar-refractivity contribution in [3.63, 3.8) is 0 Å². The van der Waals surface area contributed by atoms with Crippen molar-refractivity contribution in [1.82, 2.24) is 14.5 Å². The molecule has 5 heteroatoms. The number of phenols is 1. The summed E-state index contributed by atoms with van der Waals surface area (Å²) in [6, 6.07) is 70.0. The van der Waals surface area contributed by atoms with E-state index in [1.165, 1.54) is 22.3 Å². The van der Waals surface area contributed by atoms with Crippen LogP contribution in [0.2, 0.25) is 0 Å². The molecule has 0 radical (unpaired) electrons. The van der Waals surface area contributed by atoms with Crippen LogP contribution in [0.25, 0.3) is 117 Å². The lowest BCUT2D eigenvalue weighted by molar-refractivity contribution is 0.476. The summed E-state index contributed by atoms with van der Waals surface area (Å²) in [4.78, 5) is 11.1. The molecule has 3 heterocycles. The minimum atomic E-state index is -0.120. The average Bonchev–Trinajstić information content (AvgIpc) is 4.08. The molecule has 3 aromatic heterocycles. The molecule has 0 fully saturated rings. The number of imidazole rings is 1. The summed E-state index contributed by atoms with van der Waals surface area (Å²) >= 11 is 0. The maximum Gasteiger partial charge on any atom is 0.164 e. The molecule has 12 aromatic rings. The molecular weight excluding hydrogens is 939 g/mol. The van der Waals surface area contributed by atoms with Crippen molar-refractivity contribution in [2.45, 2.75) is 79.1 Å². The first kappa shape index (κ1) is 47.9. The van der Waals surface area contributed by atoms with Gasteiger partial charge in [-0.3, -0.25) is 4.57 Å². The fraction of sp³-hybridized carbons (Fsp3) is 0.167. The summed E-state index contributed by atoms with van der Waals surface area (Å²) < 4.78 is 9.32. The van der Waals surface area contributed by atoms with E-state index in [0.717, 1.165) is 141 Å². The standard InChI is InChI=1S/C72H61N3O2/c1-43-19-14-20-44(2)69(43)75-60-30-18-29-56(68(60)74-70(75)59-36-35-47-34-33-46-23-16-31-61(76)64(46)67(47)73-59)51-41-58(66-57-26-12-13-32-62(57)77-63(66)42-51)65-54(48-24-15-25-52(38-48)71(3,4)5)27-17-28-55(65)50-37-49(45-21-10-9-11-22-45)39-53(40-50)72(6,7)8/h9-32,35-42,76H,33-34H2,1-8H3. The summed E-state index contributed by atoms with van der Waals surface area (Å²) in [5.41, 5.74) is 24.9. The van der Waals surface area contributed by atoms with Crippen LogP contribution in [0.3, 0.4) is 0 Å². The number of hydrogen-bond acceptors (Lipinski definition) is 4. The van der Waals surface area contributed by atoms with Crippen LogP contribution in [-0.2, 0) is 23.7 Å². The fourth-order valence-corrected chi connectivity index (χ4v) is 12.0. The molecule has 0 atom stereocenters. The minimum absolute atomic E-state index is 0.0635. The van der Waals surface area contributed by atoms with Crippen LogP contribution < -0.4 is 0 Å². The summed E-state index contributed by atoms with van der Waals surface area (Å²) in [6.45, 7) is 18.1. The van der Waals surface area contributed by atoms with Crippen LogP contribution >= 0.6 is 0 Å². The number of rotatable bonds is 7. The summed E-state index contributed by atoms with van der Waals surface area (Å²) in [5, 5.41) is 13.4. The van der Waals surface area contributed by atoms with Crippen molar-refractivity contribution in [3.8, 4) is 89.8 Å². The van der Waals surface area contributed by atoms with Crippen molar-refractivity contribution in [3.05, 3.63) is 228 Å². The van der Waals surface area contributed by atoms with Gasteiger partial charge in [0.25, 0.3) is 0 Å². The van der Waals surface area contributed by atoms with Crippen molar-refractivity contribution in [2.75, 3.05) is 0 Å². The van der Waals surface area contributed by atoms with E-state index < -0.39 is 0 Å². The highest BCUT2D eigenvalue weighted by molar-refractivity contribution is 6.17. The molecule has 0 spiro atoms. The number of nitrogens with zero attached hydrogens (tertiary/aromatic N) is 3. The first-order chi connectivity index (χ1) is 37.2. The lowest BCUT2D eigenvalue weighted by atomic mass is 9.80. The van der Waals surface area contributed by atoms with Crippen molar-refractivity contribution < 1.29 is 9.52 Å². The largest absolute Gasteiger partial charge is 0.507 e. The molecule has 9 aromatic carbocycles. The number of aryl methyl sites for hydroxylation is 4. The quantitative estimate of drug-likeness (QED) is 0.173. The zero-order valence-corrected chi connectivity index (χ0v) is 45.1. The van der Waals surface area contributed by atoms with Gasteiger partial charge in [-0.25, -0.2) is 9.97 Å². The Bertz CT molecular complexity index is 4310. The van der Waals surface area contributed by atoms with E-state index in [1.807, 2.05) is 6.07 Å². The van der Waals surface area contributed by atoms with Crippen LogP contribution in [-0.4, -0.2) is 19.6 Å². The molecule has 0 unspecified atom stereocenters. The summed E-state index contributed by atoms with van der Waals surface area (Å²) in [7, 11) is 0. The molecule has 0 saturated carbocycles. The number of aromatic nitrogens is 3. The van der Waals surface area contributed by atoms with Gasteiger partial charge < -0.3 is 9.52 Å². The minimum Gasteiger partial charge on any atom is -0.507 e. The highest BCUT2D eigenvalue weighted by Crippen LogP contribution is 2.50. The number of phenolic OH excluding ortho intramolecular Hbond substituents is 1. The number of furan rings is 1. The van der Waals surface area contributed by atoms with Gasteiger partial charge in [0, 0.05) is 21.9 Å². The monoisotopic (exact) mass is 999 g/mol. The van der Waals surface area contributed by atoms with Gasteiger partial charge in [-0.05, 0) is 163 Å². The molecule has 5 nitrogen and oxygen atoms in total. The van der Waals surface area contributed by atoms with Gasteiger partial charge in [0.05, 0.1) is 22.4 Å². The molecule has 0 aliphatic heterocycles. The van der Waals surface area contributed by atoms with Gasteiger partial charge in [0.15, 0.2) is 5.82 Å². The third-order valence-electron chi connectivity index (χ3n) is 16.0. The Hall–Kier alpha value is -8.80. The molecule has 376 valence electrons. The molecule has 0 bridgehead atoms. The van der Waals surface area contributed by atoms with Crippen LogP contribution in [0.4, 0.5) is 0 Å². The highest BCUT2D eigenvalue weighted by atomic mass is 16.3. The Balaban J connectivity index is 1.12. The van der Waals surface area contributed by atoms with E-state index in [2.05, 4.69) is 242 Å². The lowest BCUT2D eigenvalue weighted by Gasteiger charge is -2.24. The number of hydrogen-bond donors (Lipinski definition) is 1. The van der Waals surface area contributed by atoms with E-state index in [1.54, 1.807) is 6.07 Å². The van der Waals surface area contributed by atoms with Crippen molar-refractivity contribution >= 4 is 33.0 Å². The highest BCUT2D eigenvalue weighted by Gasteiger charge is 2.28. The number of fused-ring (bicyclic) bond motifs is 7. The van der Waals surface area contributed by atoms with E-state index in [4.69, 9.17) is 14.4 Å². The van der Waals surface area contributed by atoms with E-state index in [9.17, 15) is 5.11 Å². The second kappa shape index (κ2) is 18.2. The first-order valence-electron chi connectivity index (χ1n) is 27.0. The molecule has 77 heavy (non-hydrogen) atoms. The van der Waals surface area contributed by atoms with Gasteiger partial charge in [-0.2, -0.15) is 0 Å². The first-order valence-corrected chi connectivity index (χ1v) is 27.0. The van der Waals surface area contributed by atoms with Gasteiger partial charge in [0.2, 0.25) is 0 Å². The fourth-order valence-electron chi connectivity index (χ4n) is 12.0. The third-order valence-corrected chi connectivity index (χ3v) is 16.0. The number of aromatic hydroxyl groups is 1. The zero-order valence-electron chi connectivity index (χ0n) is 45.1. The van der Waals surface area contributed by atoms with Gasteiger partial charge in [-0.15, -0.1) is 0 Å². The second-order valence-electron chi connectivity index (χ2n) is 23.2. The summed E-state index contributed by atoms with van der Waals surface area (Å²) in [6.07, 6.45) is 1.71. The predicted octanol–water partition coefficient (Wildman–Crippen LogP) is 19.0. The molecular formula is C72H61N3O2. The maximum absolute atomic E-state index is 11.3. The average molecular weight is 1000 g/mol. The lowest BCUT2D eigenvalue weighted by Crippen LogP contribution is -2.11. The van der Waals surface area contributed by atoms with E-state index in [0.29, 0.717) is 0 Å². The molecule has 1 aliphatic carbocycles. The van der Waals surface area contributed by atoms with Crippen LogP contribution in [0.15, 0.2) is 199 Å². The Morgan fingerprint density at radius 2 is 1.10 bits per heavy atom. The van der Waals surface area contributed by atoms with E-state index in [-0.39, 0.29) is 16.6 Å². The predicted molar refractivity (Wildman–Crippen MR) is 320 cm³/mol. The molecule has 1 N–H and O–H groups in total. The number of benzene rings is 9.